The van der Waals surface area contributed by atoms with Crippen molar-refractivity contribution < 1.29 is 14.8 Å². The van der Waals surface area contributed by atoms with Gasteiger partial charge in [-0.1, -0.05) is 6.07 Å². The van der Waals surface area contributed by atoms with Gasteiger partial charge in [-0.15, -0.1) is 0 Å². The molecule has 1 atom stereocenters. The van der Waals surface area contributed by atoms with Gasteiger partial charge in [0.25, 0.3) is 11.6 Å². The third kappa shape index (κ3) is 2.77. The Morgan fingerprint density at radius 1 is 1.56 bits per heavy atom. The molecular formula is C10H12N2O4. The largest absolute Gasteiger partial charge is 0.384 e. The highest BCUT2D eigenvalue weighted by molar-refractivity contribution is 5.94. The van der Waals surface area contributed by atoms with Crippen LogP contribution in [0, 0.1) is 17.0 Å². The Labute approximate surface area is 92.0 Å². The van der Waals surface area contributed by atoms with E-state index in [9.17, 15) is 14.9 Å². The van der Waals surface area contributed by atoms with Crippen LogP contribution in [0.4, 0.5) is 11.4 Å². The van der Waals surface area contributed by atoms with Gasteiger partial charge in [-0.2, -0.15) is 0 Å². The number of aryl methyl sites for hydroxylation is 1. The minimum absolute atomic E-state index is 0.0663. The molecule has 2 N–H and O–H groups in total. The molecule has 1 aromatic rings. The number of nitro benzene ring substituents is 1. The average Bonchev–Trinajstić information content (AvgIpc) is 2.20. The van der Waals surface area contributed by atoms with E-state index in [1.54, 1.807) is 13.0 Å². The quantitative estimate of drug-likeness (QED) is 0.596. The van der Waals surface area contributed by atoms with E-state index in [1.165, 1.54) is 19.1 Å². The molecule has 0 spiro atoms. The van der Waals surface area contributed by atoms with Crippen molar-refractivity contribution in [1.29, 1.82) is 0 Å². The van der Waals surface area contributed by atoms with E-state index >= 15 is 0 Å². The lowest BCUT2D eigenvalue weighted by atomic mass is 10.2. The Balaban J connectivity index is 2.95. The summed E-state index contributed by atoms with van der Waals surface area (Å²) in [6.07, 6.45) is -1.15. The molecular weight excluding hydrogens is 212 g/mol. The van der Waals surface area contributed by atoms with Gasteiger partial charge in [0, 0.05) is 17.3 Å². The first-order valence-corrected chi connectivity index (χ1v) is 4.66. The lowest BCUT2D eigenvalue weighted by Crippen LogP contribution is -2.24. The summed E-state index contributed by atoms with van der Waals surface area (Å²) >= 11 is 0. The Morgan fingerprint density at radius 2 is 2.19 bits per heavy atom. The molecule has 0 heterocycles. The molecule has 1 unspecified atom stereocenters. The predicted octanol–water partition coefficient (Wildman–Crippen LogP) is 1.22. The zero-order valence-corrected chi connectivity index (χ0v) is 8.93. The molecule has 0 aromatic heterocycles. The van der Waals surface area contributed by atoms with Crippen molar-refractivity contribution in [3.63, 3.8) is 0 Å². The summed E-state index contributed by atoms with van der Waals surface area (Å²) in [4.78, 5) is 21.3. The Hall–Kier alpha value is -1.95. The number of hydrogen-bond acceptors (Lipinski definition) is 4. The van der Waals surface area contributed by atoms with Crippen molar-refractivity contribution >= 4 is 17.3 Å². The molecule has 0 saturated heterocycles. The number of rotatable bonds is 3. The maximum absolute atomic E-state index is 11.1. The number of aliphatic hydroxyl groups excluding tert-OH is 1. The molecule has 0 aliphatic carbocycles. The second-order valence-electron chi connectivity index (χ2n) is 3.42. The van der Waals surface area contributed by atoms with Crippen LogP contribution in [0.2, 0.25) is 0 Å². The molecule has 1 aromatic carbocycles. The molecule has 6 nitrogen and oxygen atoms in total. The van der Waals surface area contributed by atoms with Crippen molar-refractivity contribution in [1.82, 2.24) is 0 Å². The molecule has 1 rings (SSSR count). The number of aliphatic hydroxyl groups is 1. The van der Waals surface area contributed by atoms with Gasteiger partial charge in [-0.3, -0.25) is 14.9 Å². The van der Waals surface area contributed by atoms with Gasteiger partial charge in [-0.25, -0.2) is 0 Å². The number of amides is 1. The standard InChI is InChI=1S/C10H12N2O4/c1-6-3-4-8(5-9(6)12(15)16)11-10(14)7(2)13/h3-5,7,13H,1-2H3,(H,11,14). The Morgan fingerprint density at radius 3 is 2.69 bits per heavy atom. The fourth-order valence-corrected chi connectivity index (χ4v) is 1.13. The summed E-state index contributed by atoms with van der Waals surface area (Å²) in [6, 6.07) is 4.34. The zero-order chi connectivity index (χ0) is 12.3. The van der Waals surface area contributed by atoms with E-state index < -0.39 is 16.9 Å². The molecule has 6 heteroatoms. The fourth-order valence-electron chi connectivity index (χ4n) is 1.13. The number of benzene rings is 1. The van der Waals surface area contributed by atoms with Crippen molar-refractivity contribution in [2.45, 2.75) is 20.0 Å². The number of carbonyl (C=O) groups excluding carboxylic acids is 1. The number of nitro groups is 1. The molecule has 86 valence electrons. The monoisotopic (exact) mass is 224 g/mol. The van der Waals surface area contributed by atoms with Crippen LogP contribution >= 0.6 is 0 Å². The minimum atomic E-state index is -1.15. The van der Waals surface area contributed by atoms with Gasteiger partial charge in [0.15, 0.2) is 0 Å². The summed E-state index contributed by atoms with van der Waals surface area (Å²) < 4.78 is 0. The molecule has 0 bridgehead atoms. The third-order valence-electron chi connectivity index (χ3n) is 2.05. The van der Waals surface area contributed by atoms with Crippen LogP contribution in [-0.2, 0) is 4.79 Å². The first kappa shape index (κ1) is 12.1. The smallest absolute Gasteiger partial charge is 0.274 e. The predicted molar refractivity (Wildman–Crippen MR) is 58.1 cm³/mol. The lowest BCUT2D eigenvalue weighted by molar-refractivity contribution is -0.385. The molecule has 0 fully saturated rings. The second kappa shape index (κ2) is 4.71. The average molecular weight is 224 g/mol. The summed E-state index contributed by atoms with van der Waals surface area (Å²) in [5.74, 6) is -0.599. The van der Waals surface area contributed by atoms with Gasteiger partial charge in [0.1, 0.15) is 6.10 Å². The summed E-state index contributed by atoms with van der Waals surface area (Å²) in [6.45, 7) is 2.93. The molecule has 0 saturated carbocycles. The first-order chi connectivity index (χ1) is 7.41. The number of hydrogen-bond donors (Lipinski definition) is 2. The summed E-state index contributed by atoms with van der Waals surface area (Å²) in [5.41, 5.74) is 0.742. The van der Waals surface area contributed by atoms with Crippen molar-refractivity contribution in [3.05, 3.63) is 33.9 Å². The topological polar surface area (TPSA) is 92.5 Å². The number of nitrogens with one attached hydrogen (secondary N) is 1. The van der Waals surface area contributed by atoms with Crippen LogP contribution in [0.1, 0.15) is 12.5 Å². The van der Waals surface area contributed by atoms with Gasteiger partial charge in [-0.05, 0) is 19.9 Å². The van der Waals surface area contributed by atoms with Crippen molar-refractivity contribution in [2.24, 2.45) is 0 Å². The SMILES string of the molecule is Cc1ccc(NC(=O)C(C)O)cc1[N+](=O)[O-]. The van der Waals surface area contributed by atoms with Crippen LogP contribution in [0.15, 0.2) is 18.2 Å². The highest BCUT2D eigenvalue weighted by Crippen LogP contribution is 2.22. The van der Waals surface area contributed by atoms with E-state index in [4.69, 9.17) is 5.11 Å². The maximum Gasteiger partial charge on any atom is 0.274 e. The lowest BCUT2D eigenvalue weighted by Gasteiger charge is -2.07. The van der Waals surface area contributed by atoms with Crippen LogP contribution in [-0.4, -0.2) is 22.0 Å². The third-order valence-corrected chi connectivity index (χ3v) is 2.05. The fraction of sp³-hybridized carbons (Fsp3) is 0.300. The number of carbonyl (C=O) groups is 1. The Bertz CT molecular complexity index is 429. The van der Waals surface area contributed by atoms with Crippen LogP contribution in [0.5, 0.6) is 0 Å². The highest BCUT2D eigenvalue weighted by Gasteiger charge is 2.14. The van der Waals surface area contributed by atoms with Gasteiger partial charge < -0.3 is 10.4 Å². The van der Waals surface area contributed by atoms with E-state index in [0.717, 1.165) is 0 Å². The number of anilines is 1. The molecule has 16 heavy (non-hydrogen) atoms. The van der Waals surface area contributed by atoms with Crippen LogP contribution in [0.25, 0.3) is 0 Å². The molecule has 0 aliphatic rings. The van der Waals surface area contributed by atoms with E-state index in [0.29, 0.717) is 11.3 Å². The van der Waals surface area contributed by atoms with E-state index in [2.05, 4.69) is 5.32 Å². The molecule has 0 aliphatic heterocycles. The molecule has 1 amide bonds. The highest BCUT2D eigenvalue weighted by atomic mass is 16.6. The van der Waals surface area contributed by atoms with Crippen LogP contribution in [0.3, 0.4) is 0 Å². The summed E-state index contributed by atoms with van der Waals surface area (Å²) in [7, 11) is 0. The van der Waals surface area contributed by atoms with Crippen molar-refractivity contribution in [3.8, 4) is 0 Å². The van der Waals surface area contributed by atoms with Gasteiger partial charge >= 0.3 is 0 Å². The maximum atomic E-state index is 11.1. The summed E-state index contributed by atoms with van der Waals surface area (Å²) in [5, 5.41) is 22.0. The Kier molecular flexibility index (Phi) is 3.57. The minimum Gasteiger partial charge on any atom is -0.384 e. The van der Waals surface area contributed by atoms with Crippen molar-refractivity contribution in [2.75, 3.05) is 5.32 Å². The van der Waals surface area contributed by atoms with Crippen LogP contribution < -0.4 is 5.32 Å². The second-order valence-corrected chi connectivity index (χ2v) is 3.42. The number of nitrogens with zero attached hydrogens (tertiary/aromatic N) is 1. The zero-order valence-electron chi connectivity index (χ0n) is 8.93. The van der Waals surface area contributed by atoms with E-state index in [1.807, 2.05) is 0 Å². The van der Waals surface area contributed by atoms with Gasteiger partial charge in [0.2, 0.25) is 0 Å². The van der Waals surface area contributed by atoms with E-state index in [-0.39, 0.29) is 5.69 Å². The first-order valence-electron chi connectivity index (χ1n) is 4.66. The van der Waals surface area contributed by atoms with Gasteiger partial charge in [0.05, 0.1) is 4.92 Å². The normalized spacial score (nSPS) is 11.9. The molecule has 0 radical (unpaired) electrons.